The van der Waals surface area contributed by atoms with Crippen molar-refractivity contribution in [2.75, 3.05) is 32.8 Å². The van der Waals surface area contributed by atoms with Crippen LogP contribution in [0.2, 0.25) is 0 Å². The van der Waals surface area contributed by atoms with Gasteiger partial charge in [-0.25, -0.2) is 9.97 Å². The van der Waals surface area contributed by atoms with Crippen LogP contribution in [0.15, 0.2) is 36.7 Å². The van der Waals surface area contributed by atoms with Crippen molar-refractivity contribution in [3.63, 3.8) is 0 Å². The summed E-state index contributed by atoms with van der Waals surface area (Å²) in [5, 5.41) is 0. The second-order valence-electron chi connectivity index (χ2n) is 11.0. The van der Waals surface area contributed by atoms with Gasteiger partial charge in [0.05, 0.1) is 32.8 Å². The summed E-state index contributed by atoms with van der Waals surface area (Å²) >= 11 is 0. The van der Waals surface area contributed by atoms with Crippen LogP contribution < -0.4 is 28.7 Å². The topological polar surface area (TPSA) is 35.0 Å². The summed E-state index contributed by atoms with van der Waals surface area (Å²) in [6.45, 7) is 15.2. The smallest absolute Gasteiger partial charge is 0.159 e. The molecule has 0 amide bonds. The van der Waals surface area contributed by atoms with E-state index in [2.05, 4.69) is 61.9 Å². The molecule has 2 rings (SSSR count). The number of ether oxygens (including phenoxy) is 1. The Hall–Kier alpha value is -1.21. The van der Waals surface area contributed by atoms with Crippen LogP contribution in [-0.2, 0) is 6.42 Å². The van der Waals surface area contributed by atoms with Crippen molar-refractivity contribution in [1.82, 2.24) is 9.97 Å². The van der Waals surface area contributed by atoms with E-state index < -0.39 is 0 Å². The average molecular weight is 638 g/mol. The van der Waals surface area contributed by atoms with Gasteiger partial charge in [-0.1, -0.05) is 79.1 Å². The molecule has 0 saturated carbocycles. The van der Waals surface area contributed by atoms with Gasteiger partial charge in [0.25, 0.3) is 0 Å². The molecule has 0 aliphatic rings. The third-order valence-electron chi connectivity index (χ3n) is 7.64. The van der Waals surface area contributed by atoms with E-state index in [0.29, 0.717) is 0 Å². The zero-order valence-corrected chi connectivity index (χ0v) is 27.2. The first-order chi connectivity index (χ1) is 18.2. The number of unbranched alkanes of at least 4 members (excludes halogenated alkanes) is 8. The van der Waals surface area contributed by atoms with Crippen LogP contribution in [-0.4, -0.2) is 47.2 Å². The van der Waals surface area contributed by atoms with E-state index in [1.165, 1.54) is 113 Å². The fraction of sp³-hybridized carbons (Fsp3) is 0.697. The first kappa shape index (κ1) is 34.8. The van der Waals surface area contributed by atoms with E-state index in [-0.39, 0.29) is 24.0 Å². The SMILES string of the molecule is CCCCCCCCc1cnc(-c2ccc(OCCC[N+](CCCC)(CCCC)CCCC)cc2)nc1.[I-]. The highest BCUT2D eigenvalue weighted by Gasteiger charge is 2.25. The molecule has 0 atom stereocenters. The lowest BCUT2D eigenvalue weighted by molar-refractivity contribution is -0.929. The highest BCUT2D eigenvalue weighted by atomic mass is 127. The number of rotatable bonds is 22. The van der Waals surface area contributed by atoms with Crippen molar-refractivity contribution < 1.29 is 33.2 Å². The van der Waals surface area contributed by atoms with Crippen LogP contribution in [0.4, 0.5) is 0 Å². The minimum atomic E-state index is 0. The molecule has 5 heteroatoms. The molecule has 4 nitrogen and oxygen atoms in total. The predicted molar refractivity (Wildman–Crippen MR) is 159 cm³/mol. The Morgan fingerprint density at radius 1 is 0.605 bits per heavy atom. The minimum absolute atomic E-state index is 0. The molecule has 0 spiro atoms. The molecule has 1 aromatic heterocycles. The van der Waals surface area contributed by atoms with E-state index >= 15 is 0 Å². The largest absolute Gasteiger partial charge is 1.00 e. The Morgan fingerprint density at radius 2 is 1.11 bits per heavy atom. The van der Waals surface area contributed by atoms with Gasteiger partial charge < -0.3 is 33.2 Å². The van der Waals surface area contributed by atoms with E-state index in [4.69, 9.17) is 4.74 Å². The Kier molecular flexibility index (Phi) is 19.8. The van der Waals surface area contributed by atoms with Gasteiger partial charge in [-0.05, 0) is 61.9 Å². The summed E-state index contributed by atoms with van der Waals surface area (Å²) in [5.41, 5.74) is 2.29. The van der Waals surface area contributed by atoms with Gasteiger partial charge in [-0.2, -0.15) is 0 Å². The molecular formula is C33H56IN3O. The second-order valence-corrected chi connectivity index (χ2v) is 11.0. The molecule has 0 fully saturated rings. The number of hydrogen-bond acceptors (Lipinski definition) is 3. The van der Waals surface area contributed by atoms with Crippen LogP contribution >= 0.6 is 0 Å². The molecule has 216 valence electrons. The summed E-state index contributed by atoms with van der Waals surface area (Å²) < 4.78 is 7.44. The predicted octanol–water partition coefficient (Wildman–Crippen LogP) is 6.04. The molecule has 0 N–H and O–H groups in total. The number of aryl methyl sites for hydroxylation is 1. The maximum Gasteiger partial charge on any atom is 0.159 e. The molecule has 2 aromatic rings. The zero-order chi connectivity index (χ0) is 26.6. The monoisotopic (exact) mass is 637 g/mol. The van der Waals surface area contributed by atoms with Gasteiger partial charge in [0.2, 0.25) is 0 Å². The fourth-order valence-electron chi connectivity index (χ4n) is 5.18. The van der Waals surface area contributed by atoms with Gasteiger partial charge in [0, 0.05) is 24.4 Å². The third-order valence-corrected chi connectivity index (χ3v) is 7.64. The van der Waals surface area contributed by atoms with Crippen LogP contribution in [0, 0.1) is 0 Å². The normalized spacial score (nSPS) is 11.4. The lowest BCUT2D eigenvalue weighted by Gasteiger charge is -2.39. The van der Waals surface area contributed by atoms with Crippen molar-refractivity contribution in [2.45, 2.75) is 118 Å². The van der Waals surface area contributed by atoms with E-state index in [0.717, 1.165) is 36.6 Å². The van der Waals surface area contributed by atoms with Gasteiger partial charge in [0.15, 0.2) is 5.82 Å². The molecule has 1 heterocycles. The third kappa shape index (κ3) is 13.7. The second kappa shape index (κ2) is 21.6. The van der Waals surface area contributed by atoms with Crippen molar-refractivity contribution in [2.24, 2.45) is 0 Å². The molecule has 0 radical (unpaired) electrons. The lowest BCUT2D eigenvalue weighted by atomic mass is 10.1. The Morgan fingerprint density at radius 3 is 1.66 bits per heavy atom. The lowest BCUT2D eigenvalue weighted by Crippen LogP contribution is -3.00. The van der Waals surface area contributed by atoms with E-state index in [9.17, 15) is 0 Å². The Labute approximate surface area is 252 Å². The average Bonchev–Trinajstić information content (AvgIpc) is 2.94. The maximum atomic E-state index is 6.15. The molecule has 38 heavy (non-hydrogen) atoms. The molecule has 0 saturated heterocycles. The van der Waals surface area contributed by atoms with Crippen LogP contribution in [0.5, 0.6) is 5.75 Å². The molecule has 0 bridgehead atoms. The summed E-state index contributed by atoms with van der Waals surface area (Å²) in [7, 11) is 0. The minimum Gasteiger partial charge on any atom is -1.00 e. The van der Waals surface area contributed by atoms with Gasteiger partial charge in [0.1, 0.15) is 5.75 Å². The summed E-state index contributed by atoms with van der Waals surface area (Å²) in [4.78, 5) is 9.26. The van der Waals surface area contributed by atoms with Crippen molar-refractivity contribution >= 4 is 0 Å². The van der Waals surface area contributed by atoms with Crippen LogP contribution in [0.3, 0.4) is 0 Å². The fourth-order valence-corrected chi connectivity index (χ4v) is 5.18. The van der Waals surface area contributed by atoms with Crippen molar-refractivity contribution in [3.05, 3.63) is 42.2 Å². The Balaban J connectivity index is 0.00000722. The molecule has 0 aliphatic carbocycles. The first-order valence-corrected chi connectivity index (χ1v) is 15.6. The van der Waals surface area contributed by atoms with Crippen molar-refractivity contribution in [3.8, 4) is 17.1 Å². The number of hydrogen-bond donors (Lipinski definition) is 0. The zero-order valence-electron chi connectivity index (χ0n) is 25.0. The molecule has 0 aliphatic heterocycles. The molecular weight excluding hydrogens is 581 g/mol. The summed E-state index contributed by atoms with van der Waals surface area (Å²) in [5.74, 6) is 1.74. The van der Waals surface area contributed by atoms with E-state index in [1.807, 2.05) is 12.4 Å². The number of halogens is 1. The van der Waals surface area contributed by atoms with Crippen LogP contribution in [0.1, 0.15) is 117 Å². The standard InChI is InChI=1S/C33H56N3O.HI/c1-5-9-13-14-15-16-18-30-28-34-33(35-29-30)31-19-21-32(22-20-31)37-27-17-26-36(23-10-6-2,24-11-7-3)25-12-8-4;/h19-22,28-29H,5-18,23-27H2,1-4H3;1H/q+1;/p-1. The Bertz CT molecular complexity index is 788. The maximum absolute atomic E-state index is 6.15. The molecule has 0 unspecified atom stereocenters. The quantitative estimate of drug-likeness (QED) is 0.0898. The number of benzene rings is 1. The van der Waals surface area contributed by atoms with Crippen molar-refractivity contribution in [1.29, 1.82) is 0 Å². The number of aromatic nitrogens is 2. The van der Waals surface area contributed by atoms with Gasteiger partial charge in [-0.3, -0.25) is 0 Å². The summed E-state index contributed by atoms with van der Waals surface area (Å²) in [6, 6.07) is 8.30. The molecule has 1 aromatic carbocycles. The number of quaternary nitrogens is 1. The highest BCUT2D eigenvalue weighted by Crippen LogP contribution is 2.21. The first-order valence-electron chi connectivity index (χ1n) is 15.6. The highest BCUT2D eigenvalue weighted by molar-refractivity contribution is 5.55. The van der Waals surface area contributed by atoms with Gasteiger partial charge in [-0.15, -0.1) is 0 Å². The summed E-state index contributed by atoms with van der Waals surface area (Å²) in [6.07, 6.45) is 21.9. The number of nitrogens with zero attached hydrogens (tertiary/aromatic N) is 3. The van der Waals surface area contributed by atoms with Gasteiger partial charge >= 0.3 is 0 Å². The van der Waals surface area contributed by atoms with E-state index in [1.54, 1.807) is 0 Å². The van der Waals surface area contributed by atoms with Crippen LogP contribution in [0.25, 0.3) is 11.4 Å².